The maximum absolute atomic E-state index is 12.5. The van der Waals surface area contributed by atoms with E-state index in [0.29, 0.717) is 41.7 Å². The lowest BCUT2D eigenvalue weighted by atomic mass is 10.1. The van der Waals surface area contributed by atoms with Crippen molar-refractivity contribution in [3.8, 4) is 34.4 Å². The smallest absolute Gasteiger partial charge is 0.228 e. The monoisotopic (exact) mass is 484 g/mol. The lowest BCUT2D eigenvalue weighted by molar-refractivity contribution is -0.115. The Bertz CT molecular complexity index is 1340. The number of anilines is 1. The molecular weight excluding hydrogens is 456 g/mol. The molecule has 2 N–H and O–H groups in total. The number of pyridine rings is 1. The molecule has 1 aromatic heterocycles. The van der Waals surface area contributed by atoms with Crippen molar-refractivity contribution in [2.75, 3.05) is 26.1 Å². The van der Waals surface area contributed by atoms with Gasteiger partial charge in [-0.1, -0.05) is 42.5 Å². The van der Waals surface area contributed by atoms with E-state index in [1.165, 1.54) is 0 Å². The van der Waals surface area contributed by atoms with Gasteiger partial charge >= 0.3 is 0 Å². The predicted octanol–water partition coefficient (Wildman–Crippen LogP) is 5.27. The summed E-state index contributed by atoms with van der Waals surface area (Å²) in [5, 5.41) is 12.8. The van der Waals surface area contributed by atoms with Gasteiger partial charge in [0.1, 0.15) is 5.75 Å². The molecule has 7 heteroatoms. The van der Waals surface area contributed by atoms with Crippen LogP contribution in [-0.2, 0) is 17.6 Å². The van der Waals surface area contributed by atoms with Crippen LogP contribution >= 0.6 is 0 Å². The summed E-state index contributed by atoms with van der Waals surface area (Å²) in [6, 6.07) is 25.7. The predicted molar refractivity (Wildman–Crippen MR) is 139 cm³/mol. The number of amides is 1. The zero-order valence-corrected chi connectivity index (χ0v) is 20.2. The highest BCUT2D eigenvalue weighted by Gasteiger charge is 2.10. The second-order valence-electron chi connectivity index (χ2n) is 8.08. The van der Waals surface area contributed by atoms with Crippen LogP contribution in [0, 0.1) is 0 Å². The van der Waals surface area contributed by atoms with Crippen LogP contribution in [0.25, 0.3) is 11.3 Å². The summed E-state index contributed by atoms with van der Waals surface area (Å²) in [6.07, 6.45) is 0.767. The standard InChI is InChI=1S/C29H28N2O5/c1-34-26-14-13-20(17-27(26)35-2)15-16-36-29-12-6-10-24(31-29)21-8-5-9-23(18-21)30-28(33)19-22-7-3-4-11-25(22)32/h3-14,17-18,32H,15-16,19H2,1-2H3,(H,30,33). The molecule has 0 radical (unpaired) electrons. The maximum Gasteiger partial charge on any atom is 0.228 e. The van der Waals surface area contributed by atoms with Crippen molar-refractivity contribution in [2.45, 2.75) is 12.8 Å². The molecule has 0 atom stereocenters. The van der Waals surface area contributed by atoms with Crippen LogP contribution in [0.4, 0.5) is 5.69 Å². The number of hydrogen-bond acceptors (Lipinski definition) is 6. The van der Waals surface area contributed by atoms with Gasteiger partial charge < -0.3 is 24.6 Å². The Morgan fingerprint density at radius 2 is 1.69 bits per heavy atom. The topological polar surface area (TPSA) is 89.9 Å². The molecule has 0 aliphatic carbocycles. The second kappa shape index (κ2) is 11.8. The molecule has 0 saturated carbocycles. The van der Waals surface area contributed by atoms with Crippen molar-refractivity contribution in [2.24, 2.45) is 0 Å². The zero-order chi connectivity index (χ0) is 25.3. The van der Waals surface area contributed by atoms with Crippen LogP contribution in [0.1, 0.15) is 11.1 Å². The molecule has 0 aliphatic heterocycles. The number of methoxy groups -OCH3 is 2. The van der Waals surface area contributed by atoms with E-state index in [-0.39, 0.29) is 18.1 Å². The number of phenolic OH excluding ortho intramolecular Hbond substituents is 1. The van der Waals surface area contributed by atoms with Gasteiger partial charge in [-0.3, -0.25) is 4.79 Å². The molecule has 4 aromatic rings. The average Bonchev–Trinajstić information content (AvgIpc) is 2.90. The number of phenols is 1. The molecule has 0 spiro atoms. The zero-order valence-electron chi connectivity index (χ0n) is 20.2. The first-order valence-corrected chi connectivity index (χ1v) is 11.5. The number of hydrogen-bond donors (Lipinski definition) is 2. The average molecular weight is 485 g/mol. The van der Waals surface area contributed by atoms with E-state index in [1.807, 2.05) is 60.7 Å². The molecule has 0 unspecified atom stereocenters. The fourth-order valence-corrected chi connectivity index (χ4v) is 3.76. The van der Waals surface area contributed by atoms with Gasteiger partial charge in [-0.25, -0.2) is 4.98 Å². The minimum Gasteiger partial charge on any atom is -0.508 e. The third-order valence-corrected chi connectivity index (χ3v) is 5.60. The normalized spacial score (nSPS) is 10.5. The quantitative estimate of drug-likeness (QED) is 0.319. The highest BCUT2D eigenvalue weighted by Crippen LogP contribution is 2.28. The molecule has 184 valence electrons. The van der Waals surface area contributed by atoms with Crippen molar-refractivity contribution in [1.82, 2.24) is 4.98 Å². The van der Waals surface area contributed by atoms with E-state index in [2.05, 4.69) is 10.3 Å². The van der Waals surface area contributed by atoms with Gasteiger partial charge in [0.25, 0.3) is 0 Å². The van der Waals surface area contributed by atoms with Gasteiger partial charge in [0.15, 0.2) is 11.5 Å². The Morgan fingerprint density at radius 3 is 2.50 bits per heavy atom. The fraction of sp³-hybridized carbons (Fsp3) is 0.172. The van der Waals surface area contributed by atoms with Crippen molar-refractivity contribution in [3.05, 3.63) is 96.1 Å². The van der Waals surface area contributed by atoms with Gasteiger partial charge in [-0.2, -0.15) is 0 Å². The molecular formula is C29H28N2O5. The van der Waals surface area contributed by atoms with Crippen LogP contribution < -0.4 is 19.5 Å². The minimum atomic E-state index is -0.214. The Kier molecular flexibility index (Phi) is 8.03. The maximum atomic E-state index is 12.5. The summed E-state index contributed by atoms with van der Waals surface area (Å²) in [4.78, 5) is 17.1. The molecule has 7 nitrogen and oxygen atoms in total. The lowest BCUT2D eigenvalue weighted by Gasteiger charge is -2.11. The number of aromatic nitrogens is 1. The SMILES string of the molecule is COc1ccc(CCOc2cccc(-c3cccc(NC(=O)Cc4ccccc4O)c3)n2)cc1OC. The summed E-state index contributed by atoms with van der Waals surface area (Å²) in [5.41, 5.74) is 3.87. The number of nitrogens with zero attached hydrogens (tertiary/aromatic N) is 1. The second-order valence-corrected chi connectivity index (χ2v) is 8.08. The third-order valence-electron chi connectivity index (χ3n) is 5.60. The number of aromatic hydroxyl groups is 1. The summed E-state index contributed by atoms with van der Waals surface area (Å²) in [6.45, 7) is 0.453. The molecule has 0 saturated heterocycles. The first kappa shape index (κ1) is 24.6. The third kappa shape index (κ3) is 6.33. The van der Waals surface area contributed by atoms with Crippen LogP contribution in [0.5, 0.6) is 23.1 Å². The van der Waals surface area contributed by atoms with Crippen LogP contribution in [0.3, 0.4) is 0 Å². The summed E-state index contributed by atoms with van der Waals surface area (Å²) < 4.78 is 16.5. The number of ether oxygens (including phenoxy) is 3. The van der Waals surface area contributed by atoms with Gasteiger partial charge in [-0.05, 0) is 42.0 Å². The lowest BCUT2D eigenvalue weighted by Crippen LogP contribution is -2.14. The molecule has 1 heterocycles. The van der Waals surface area contributed by atoms with Gasteiger partial charge in [0.2, 0.25) is 11.8 Å². The van der Waals surface area contributed by atoms with Crippen molar-refractivity contribution in [3.63, 3.8) is 0 Å². The van der Waals surface area contributed by atoms with E-state index < -0.39 is 0 Å². The Morgan fingerprint density at radius 1 is 0.889 bits per heavy atom. The molecule has 0 aliphatic rings. The number of para-hydroxylation sites is 1. The van der Waals surface area contributed by atoms with Gasteiger partial charge in [0, 0.05) is 29.3 Å². The summed E-state index contributed by atoms with van der Waals surface area (Å²) >= 11 is 0. The Balaban J connectivity index is 1.38. The van der Waals surface area contributed by atoms with Gasteiger partial charge in [0.05, 0.1) is 32.9 Å². The van der Waals surface area contributed by atoms with Crippen LogP contribution in [-0.4, -0.2) is 36.8 Å². The van der Waals surface area contributed by atoms with E-state index in [4.69, 9.17) is 14.2 Å². The first-order chi connectivity index (χ1) is 17.6. The largest absolute Gasteiger partial charge is 0.508 e. The van der Waals surface area contributed by atoms with E-state index >= 15 is 0 Å². The molecule has 36 heavy (non-hydrogen) atoms. The highest BCUT2D eigenvalue weighted by molar-refractivity contribution is 5.93. The van der Waals surface area contributed by atoms with Crippen LogP contribution in [0.2, 0.25) is 0 Å². The highest BCUT2D eigenvalue weighted by atomic mass is 16.5. The van der Waals surface area contributed by atoms with Crippen molar-refractivity contribution >= 4 is 11.6 Å². The minimum absolute atomic E-state index is 0.0819. The van der Waals surface area contributed by atoms with Crippen molar-refractivity contribution in [1.29, 1.82) is 0 Å². The van der Waals surface area contributed by atoms with Gasteiger partial charge in [-0.15, -0.1) is 0 Å². The number of benzene rings is 3. The molecule has 1 amide bonds. The van der Waals surface area contributed by atoms with Crippen molar-refractivity contribution < 1.29 is 24.1 Å². The molecule has 0 fully saturated rings. The van der Waals surface area contributed by atoms with Crippen LogP contribution in [0.15, 0.2) is 84.9 Å². The number of carbonyl (C=O) groups excluding carboxylic acids is 1. The van der Waals surface area contributed by atoms with E-state index in [9.17, 15) is 9.90 Å². The Hall–Kier alpha value is -4.52. The fourth-order valence-electron chi connectivity index (χ4n) is 3.76. The summed E-state index contributed by atoms with van der Waals surface area (Å²) in [7, 11) is 3.22. The molecule has 3 aromatic carbocycles. The van der Waals surface area contributed by atoms with E-state index in [0.717, 1.165) is 16.8 Å². The molecule has 0 bridgehead atoms. The number of rotatable bonds is 10. The number of nitrogens with one attached hydrogen (secondary N) is 1. The first-order valence-electron chi connectivity index (χ1n) is 11.5. The Labute approximate surface area is 210 Å². The number of carbonyl (C=O) groups is 1. The molecule has 4 rings (SSSR count). The van der Waals surface area contributed by atoms with E-state index in [1.54, 1.807) is 38.5 Å². The summed E-state index contributed by atoms with van der Waals surface area (Å²) in [5.74, 6) is 1.78.